The second kappa shape index (κ2) is 19.8. The van der Waals surface area contributed by atoms with E-state index in [1.807, 2.05) is 13.8 Å². The molecule has 5 nitrogen and oxygen atoms in total. The fourth-order valence-electron chi connectivity index (χ4n) is 3.08. The highest BCUT2D eigenvalue weighted by Crippen LogP contribution is 2.14. The average Bonchev–Trinajstić information content (AvgIpc) is 3.01. The minimum Gasteiger partial charge on any atom is -0.272 e. The fourth-order valence-corrected chi connectivity index (χ4v) is 3.08. The third kappa shape index (κ3) is 14.7. The highest BCUT2D eigenvalue weighted by atomic mass is 17.3. The number of imide groups is 1. The van der Waals surface area contributed by atoms with Crippen LogP contribution < -0.4 is 0 Å². The number of hydrogen-bond acceptors (Lipinski definition) is 4. The van der Waals surface area contributed by atoms with Crippen molar-refractivity contribution in [3.63, 3.8) is 0 Å². The first-order valence-corrected chi connectivity index (χ1v) is 11.4. The normalized spacial score (nSPS) is 13.8. The summed E-state index contributed by atoms with van der Waals surface area (Å²) in [6.07, 6.45) is 18.8. The van der Waals surface area contributed by atoms with Gasteiger partial charge in [0.15, 0.2) is 0 Å². The molecule has 1 fully saturated rings. The lowest BCUT2D eigenvalue weighted by Gasteiger charge is -2.11. The van der Waals surface area contributed by atoms with Gasteiger partial charge in [0, 0.05) is 12.8 Å². The molecule has 0 unspecified atom stereocenters. The van der Waals surface area contributed by atoms with Crippen molar-refractivity contribution in [1.29, 1.82) is 0 Å². The van der Waals surface area contributed by atoms with Gasteiger partial charge in [0.2, 0.25) is 0 Å². The molecule has 1 rings (SSSR count). The van der Waals surface area contributed by atoms with E-state index in [9.17, 15) is 9.59 Å². The van der Waals surface area contributed by atoms with E-state index in [0.29, 0.717) is 6.61 Å². The third-order valence-electron chi connectivity index (χ3n) is 4.71. The maximum atomic E-state index is 11.3. The second-order valence-corrected chi connectivity index (χ2v) is 7.07. The van der Waals surface area contributed by atoms with E-state index >= 15 is 0 Å². The van der Waals surface area contributed by atoms with Crippen LogP contribution in [-0.4, -0.2) is 23.5 Å². The first-order valence-electron chi connectivity index (χ1n) is 11.4. The number of hydrogen-bond donors (Lipinski definition) is 0. The highest BCUT2D eigenvalue weighted by molar-refractivity contribution is 6.00. The third-order valence-corrected chi connectivity index (χ3v) is 4.71. The molecule has 0 spiro atoms. The number of nitrogens with zero attached hydrogens (tertiary/aromatic N) is 1. The van der Waals surface area contributed by atoms with Gasteiger partial charge < -0.3 is 0 Å². The predicted molar refractivity (Wildman–Crippen MR) is 110 cm³/mol. The van der Waals surface area contributed by atoms with E-state index in [2.05, 4.69) is 6.92 Å². The van der Waals surface area contributed by atoms with Gasteiger partial charge in [-0.05, 0) is 6.42 Å². The van der Waals surface area contributed by atoms with E-state index < -0.39 is 0 Å². The van der Waals surface area contributed by atoms with Crippen molar-refractivity contribution in [2.24, 2.45) is 0 Å². The van der Waals surface area contributed by atoms with Crippen LogP contribution >= 0.6 is 0 Å². The molecule has 5 heteroatoms. The Bertz CT molecular complexity index is 344. The summed E-state index contributed by atoms with van der Waals surface area (Å²) < 4.78 is 0. The number of hydroxylamine groups is 2. The standard InChI is InChI=1S/C20H37NO4.C2H6/c1-2-3-4-5-6-7-8-9-10-11-12-13-14-15-18-24-25-21-19(22)16-17-20(21)23;1-2/h2-18H2,1H3;1-2H3. The summed E-state index contributed by atoms with van der Waals surface area (Å²) in [5.74, 6) is -0.628. The first-order chi connectivity index (χ1) is 13.3. The number of carbonyl (C=O) groups excluding carboxylic acids is 2. The Kier molecular flexibility index (Phi) is 19.1. The van der Waals surface area contributed by atoms with E-state index in [4.69, 9.17) is 9.88 Å². The lowest BCUT2D eigenvalue weighted by atomic mass is 10.0. The van der Waals surface area contributed by atoms with Gasteiger partial charge in [-0.2, -0.15) is 0 Å². The quantitative estimate of drug-likeness (QED) is 0.124. The Balaban J connectivity index is 0.00000326. The molecule has 0 N–H and O–H groups in total. The first kappa shape index (κ1) is 26.1. The molecule has 2 amide bonds. The van der Waals surface area contributed by atoms with Crippen molar-refractivity contribution < 1.29 is 19.5 Å². The zero-order valence-electron chi connectivity index (χ0n) is 18.1. The monoisotopic (exact) mass is 385 g/mol. The molecule has 0 radical (unpaired) electrons. The highest BCUT2D eigenvalue weighted by Gasteiger charge is 2.31. The molecule has 0 bridgehead atoms. The minimum atomic E-state index is -0.314. The molecule has 0 atom stereocenters. The zero-order chi connectivity index (χ0) is 20.2. The lowest BCUT2D eigenvalue weighted by Crippen LogP contribution is -2.29. The van der Waals surface area contributed by atoms with Crippen LogP contribution in [-0.2, 0) is 19.5 Å². The van der Waals surface area contributed by atoms with Gasteiger partial charge in [-0.3, -0.25) is 9.59 Å². The molecule has 1 aliphatic heterocycles. The molecule has 1 aliphatic rings. The van der Waals surface area contributed by atoms with Crippen LogP contribution in [0, 0.1) is 0 Å². The lowest BCUT2D eigenvalue weighted by molar-refractivity contribution is -0.393. The Morgan fingerprint density at radius 1 is 0.667 bits per heavy atom. The van der Waals surface area contributed by atoms with Crippen molar-refractivity contribution in [3.8, 4) is 0 Å². The van der Waals surface area contributed by atoms with Crippen molar-refractivity contribution in [2.45, 2.75) is 124 Å². The van der Waals surface area contributed by atoms with Crippen molar-refractivity contribution >= 4 is 11.8 Å². The van der Waals surface area contributed by atoms with E-state index in [1.165, 1.54) is 77.0 Å². The molecule has 0 aromatic rings. The molecular formula is C22H43NO4. The summed E-state index contributed by atoms with van der Waals surface area (Å²) in [6.45, 7) is 6.69. The Morgan fingerprint density at radius 2 is 1.04 bits per heavy atom. The summed E-state index contributed by atoms with van der Waals surface area (Å²) in [5, 5.41) is 0.740. The van der Waals surface area contributed by atoms with Crippen LogP contribution in [0.15, 0.2) is 0 Å². The Hall–Kier alpha value is -0.940. The second-order valence-electron chi connectivity index (χ2n) is 7.07. The van der Waals surface area contributed by atoms with Gasteiger partial charge in [0.25, 0.3) is 11.8 Å². The molecule has 0 aromatic heterocycles. The molecular weight excluding hydrogens is 342 g/mol. The smallest absolute Gasteiger partial charge is 0.256 e. The Morgan fingerprint density at radius 3 is 1.44 bits per heavy atom. The van der Waals surface area contributed by atoms with Crippen LogP contribution in [0.2, 0.25) is 0 Å². The fraction of sp³-hybridized carbons (Fsp3) is 0.909. The maximum absolute atomic E-state index is 11.3. The number of rotatable bonds is 17. The van der Waals surface area contributed by atoms with E-state index in [-0.39, 0.29) is 24.7 Å². The van der Waals surface area contributed by atoms with E-state index in [1.54, 1.807) is 0 Å². The van der Waals surface area contributed by atoms with Crippen LogP contribution in [0.1, 0.15) is 124 Å². The topological polar surface area (TPSA) is 55.8 Å². The molecule has 1 saturated heterocycles. The van der Waals surface area contributed by atoms with Gasteiger partial charge in [0.05, 0.1) is 6.61 Å². The van der Waals surface area contributed by atoms with Crippen LogP contribution in [0.25, 0.3) is 0 Å². The minimum absolute atomic E-state index is 0.223. The van der Waals surface area contributed by atoms with Gasteiger partial charge in [-0.1, -0.05) is 104 Å². The molecule has 160 valence electrons. The van der Waals surface area contributed by atoms with Crippen molar-refractivity contribution in [2.75, 3.05) is 6.61 Å². The van der Waals surface area contributed by atoms with Crippen molar-refractivity contribution in [3.05, 3.63) is 0 Å². The summed E-state index contributed by atoms with van der Waals surface area (Å²) in [6, 6.07) is 0. The predicted octanol–water partition coefficient (Wildman–Crippen LogP) is 6.51. The van der Waals surface area contributed by atoms with Gasteiger partial charge in [0.1, 0.15) is 0 Å². The number of amides is 2. The van der Waals surface area contributed by atoms with Crippen LogP contribution in [0.3, 0.4) is 0 Å². The zero-order valence-corrected chi connectivity index (χ0v) is 18.1. The summed E-state index contributed by atoms with van der Waals surface area (Å²) in [7, 11) is 0. The average molecular weight is 386 g/mol. The van der Waals surface area contributed by atoms with Crippen molar-refractivity contribution in [1.82, 2.24) is 5.06 Å². The van der Waals surface area contributed by atoms with E-state index in [0.717, 1.165) is 17.9 Å². The van der Waals surface area contributed by atoms with Gasteiger partial charge in [-0.25, -0.2) is 4.89 Å². The SMILES string of the molecule is CC.CCCCCCCCCCCCCCCCOON1C(=O)CCC1=O. The summed E-state index contributed by atoms with van der Waals surface area (Å²) in [4.78, 5) is 32.3. The molecule has 0 aliphatic carbocycles. The van der Waals surface area contributed by atoms with Gasteiger partial charge in [-0.15, -0.1) is 10.1 Å². The summed E-state index contributed by atoms with van der Waals surface area (Å²) in [5.41, 5.74) is 0. The van der Waals surface area contributed by atoms with Crippen LogP contribution in [0.5, 0.6) is 0 Å². The maximum Gasteiger partial charge on any atom is 0.256 e. The molecule has 1 heterocycles. The molecule has 0 saturated carbocycles. The molecule has 0 aromatic carbocycles. The molecule has 27 heavy (non-hydrogen) atoms. The number of unbranched alkanes of at least 4 members (excludes halogenated alkanes) is 13. The Labute approximate surface area is 167 Å². The summed E-state index contributed by atoms with van der Waals surface area (Å²) >= 11 is 0. The van der Waals surface area contributed by atoms with Crippen LogP contribution in [0.4, 0.5) is 0 Å². The largest absolute Gasteiger partial charge is 0.272 e. The number of carbonyl (C=O) groups is 2. The van der Waals surface area contributed by atoms with Gasteiger partial charge >= 0.3 is 0 Å².